The molecule has 0 atom stereocenters. The van der Waals surface area contributed by atoms with Crippen molar-refractivity contribution in [3.8, 4) is 11.5 Å². The van der Waals surface area contributed by atoms with E-state index in [-0.39, 0.29) is 5.82 Å². The van der Waals surface area contributed by atoms with E-state index in [2.05, 4.69) is 26.1 Å². The van der Waals surface area contributed by atoms with Crippen LogP contribution in [0.4, 0.5) is 4.39 Å². The fraction of sp³-hybridized carbons (Fsp3) is 0.111. The lowest BCUT2D eigenvalue weighted by Gasteiger charge is -1.95. The maximum Gasteiger partial charge on any atom is 0.258 e. The molecule has 0 unspecified atom stereocenters. The highest BCUT2D eigenvalue weighted by atomic mass is 79.9. The van der Waals surface area contributed by atoms with E-state index in [1.807, 2.05) is 0 Å². The molecule has 0 fully saturated rings. The second kappa shape index (κ2) is 3.49. The first-order valence-electron chi connectivity index (χ1n) is 3.92. The molecule has 0 aliphatic heterocycles. The van der Waals surface area contributed by atoms with E-state index in [9.17, 15) is 4.39 Å². The maximum absolute atomic E-state index is 13.0. The van der Waals surface area contributed by atoms with Crippen LogP contribution in [-0.4, -0.2) is 10.1 Å². The lowest BCUT2D eigenvalue weighted by molar-refractivity contribution is 0.425. The molecule has 1 aromatic carbocycles. The van der Waals surface area contributed by atoms with Gasteiger partial charge in [0.25, 0.3) is 5.89 Å². The highest BCUT2D eigenvalue weighted by molar-refractivity contribution is 9.10. The van der Waals surface area contributed by atoms with Crippen molar-refractivity contribution in [3.63, 3.8) is 0 Å². The fourth-order valence-electron chi connectivity index (χ4n) is 1.09. The number of nitrogens with zero attached hydrogens (tertiary/aromatic N) is 2. The van der Waals surface area contributed by atoms with Crippen molar-refractivity contribution in [2.24, 2.45) is 0 Å². The Balaban J connectivity index is 2.51. The Bertz CT molecular complexity index is 449. The van der Waals surface area contributed by atoms with Crippen molar-refractivity contribution < 1.29 is 8.91 Å². The number of aryl methyl sites for hydroxylation is 1. The summed E-state index contributed by atoms with van der Waals surface area (Å²) >= 11 is 3.19. The molecule has 0 N–H and O–H groups in total. The summed E-state index contributed by atoms with van der Waals surface area (Å²) in [5.41, 5.74) is 0.567. The summed E-state index contributed by atoms with van der Waals surface area (Å²) in [5.74, 6) is 0.508. The van der Waals surface area contributed by atoms with Gasteiger partial charge in [-0.2, -0.15) is 4.98 Å². The van der Waals surface area contributed by atoms with Gasteiger partial charge >= 0.3 is 0 Å². The van der Waals surface area contributed by atoms with Crippen LogP contribution in [0.25, 0.3) is 11.5 Å². The first-order chi connectivity index (χ1) is 6.65. The van der Waals surface area contributed by atoms with Crippen molar-refractivity contribution in [2.45, 2.75) is 6.92 Å². The van der Waals surface area contributed by atoms with Gasteiger partial charge in [0.05, 0.1) is 0 Å². The third-order valence-corrected chi connectivity index (χ3v) is 2.09. The maximum atomic E-state index is 13.0. The molecule has 0 aliphatic rings. The molecule has 0 spiro atoms. The lowest BCUT2D eigenvalue weighted by Crippen LogP contribution is -1.81. The van der Waals surface area contributed by atoms with Crippen LogP contribution in [0.15, 0.2) is 27.2 Å². The van der Waals surface area contributed by atoms with Gasteiger partial charge in [-0.25, -0.2) is 4.39 Å². The monoisotopic (exact) mass is 256 g/mol. The summed E-state index contributed by atoms with van der Waals surface area (Å²) in [6.45, 7) is 1.71. The zero-order chi connectivity index (χ0) is 10.1. The van der Waals surface area contributed by atoms with Crippen molar-refractivity contribution in [3.05, 3.63) is 34.3 Å². The predicted molar refractivity (Wildman–Crippen MR) is 52.1 cm³/mol. The molecule has 0 saturated heterocycles. The van der Waals surface area contributed by atoms with Gasteiger partial charge in [-0.05, 0) is 25.1 Å². The molecule has 5 heteroatoms. The summed E-state index contributed by atoms with van der Waals surface area (Å²) < 4.78 is 18.6. The molecule has 72 valence electrons. The zero-order valence-corrected chi connectivity index (χ0v) is 8.88. The van der Waals surface area contributed by atoms with E-state index in [1.165, 1.54) is 12.1 Å². The predicted octanol–water partition coefficient (Wildman–Crippen LogP) is 2.95. The second-order valence-corrected chi connectivity index (χ2v) is 3.72. The summed E-state index contributed by atoms with van der Waals surface area (Å²) in [6, 6.07) is 4.43. The molecule has 2 rings (SSSR count). The van der Waals surface area contributed by atoms with Crippen LogP contribution in [0.2, 0.25) is 0 Å². The number of benzene rings is 1. The normalized spacial score (nSPS) is 10.5. The number of hydrogen-bond donors (Lipinski definition) is 0. The fourth-order valence-corrected chi connectivity index (χ4v) is 1.56. The van der Waals surface area contributed by atoms with Gasteiger partial charge in [-0.1, -0.05) is 21.1 Å². The van der Waals surface area contributed by atoms with Gasteiger partial charge in [0.15, 0.2) is 5.82 Å². The molecule has 1 heterocycles. The number of halogens is 2. The highest BCUT2D eigenvalue weighted by Crippen LogP contribution is 2.22. The lowest BCUT2D eigenvalue weighted by atomic mass is 10.2. The van der Waals surface area contributed by atoms with Gasteiger partial charge in [0.2, 0.25) is 0 Å². The zero-order valence-electron chi connectivity index (χ0n) is 7.29. The van der Waals surface area contributed by atoms with Crippen molar-refractivity contribution in [2.75, 3.05) is 0 Å². The quantitative estimate of drug-likeness (QED) is 0.788. The summed E-state index contributed by atoms with van der Waals surface area (Å²) in [6.07, 6.45) is 0. The van der Waals surface area contributed by atoms with E-state index >= 15 is 0 Å². The molecule has 0 aliphatic carbocycles. The van der Waals surface area contributed by atoms with Gasteiger partial charge in [0, 0.05) is 10.0 Å². The smallest absolute Gasteiger partial charge is 0.258 e. The standard InChI is InChI=1S/C9H6BrFN2O/c1-5-12-9(14-13-5)6-2-7(10)4-8(11)3-6/h2-4H,1H3. The van der Waals surface area contributed by atoms with Crippen LogP contribution in [0.3, 0.4) is 0 Å². The van der Waals surface area contributed by atoms with E-state index in [0.717, 1.165) is 0 Å². The largest absolute Gasteiger partial charge is 0.334 e. The second-order valence-electron chi connectivity index (χ2n) is 2.80. The van der Waals surface area contributed by atoms with Gasteiger partial charge in [-0.3, -0.25) is 0 Å². The van der Waals surface area contributed by atoms with Crippen molar-refractivity contribution >= 4 is 15.9 Å². The molecule has 0 radical (unpaired) electrons. The molecular formula is C9H6BrFN2O. The highest BCUT2D eigenvalue weighted by Gasteiger charge is 2.08. The van der Waals surface area contributed by atoms with E-state index < -0.39 is 0 Å². The minimum Gasteiger partial charge on any atom is -0.334 e. The average molecular weight is 257 g/mol. The van der Waals surface area contributed by atoms with Gasteiger partial charge in [-0.15, -0.1) is 0 Å². The molecule has 3 nitrogen and oxygen atoms in total. The average Bonchev–Trinajstić information content (AvgIpc) is 2.50. The summed E-state index contributed by atoms with van der Waals surface area (Å²) in [4.78, 5) is 4.00. The Morgan fingerprint density at radius 2 is 2.14 bits per heavy atom. The molecule has 14 heavy (non-hydrogen) atoms. The van der Waals surface area contributed by atoms with Gasteiger partial charge in [0.1, 0.15) is 5.82 Å². The van der Waals surface area contributed by atoms with Crippen LogP contribution in [0.1, 0.15) is 5.82 Å². The van der Waals surface area contributed by atoms with Gasteiger partial charge < -0.3 is 4.52 Å². The van der Waals surface area contributed by atoms with Crippen LogP contribution in [0.5, 0.6) is 0 Å². The Hall–Kier alpha value is -1.23. The molecule has 1 aromatic heterocycles. The molecular weight excluding hydrogens is 251 g/mol. The minimum atomic E-state index is -0.342. The van der Waals surface area contributed by atoms with Crippen LogP contribution < -0.4 is 0 Å². The van der Waals surface area contributed by atoms with Crippen LogP contribution in [-0.2, 0) is 0 Å². The number of hydrogen-bond acceptors (Lipinski definition) is 3. The Morgan fingerprint density at radius 3 is 2.71 bits per heavy atom. The summed E-state index contributed by atoms with van der Waals surface area (Å²) in [7, 11) is 0. The SMILES string of the molecule is Cc1noc(-c2cc(F)cc(Br)c2)n1. The molecule has 0 saturated carbocycles. The topological polar surface area (TPSA) is 38.9 Å². The molecule has 0 bridgehead atoms. The molecule has 0 amide bonds. The van der Waals surface area contributed by atoms with Crippen LogP contribution in [0, 0.1) is 12.7 Å². The van der Waals surface area contributed by atoms with Crippen molar-refractivity contribution in [1.29, 1.82) is 0 Å². The Labute approximate surface area is 88.1 Å². The minimum absolute atomic E-state index is 0.322. The first kappa shape index (κ1) is 9.33. The van der Waals surface area contributed by atoms with E-state index in [4.69, 9.17) is 4.52 Å². The summed E-state index contributed by atoms with van der Waals surface area (Å²) in [5, 5.41) is 3.63. The Morgan fingerprint density at radius 1 is 1.36 bits per heavy atom. The first-order valence-corrected chi connectivity index (χ1v) is 4.71. The van der Waals surface area contributed by atoms with Crippen molar-refractivity contribution in [1.82, 2.24) is 10.1 Å². The van der Waals surface area contributed by atoms with E-state index in [1.54, 1.807) is 13.0 Å². The number of aromatic nitrogens is 2. The van der Waals surface area contributed by atoms with Crippen LogP contribution >= 0.6 is 15.9 Å². The number of rotatable bonds is 1. The third-order valence-electron chi connectivity index (χ3n) is 1.64. The third kappa shape index (κ3) is 1.82. The Kier molecular flexibility index (Phi) is 2.33. The molecule has 2 aromatic rings. The van der Waals surface area contributed by atoms with E-state index in [0.29, 0.717) is 21.8 Å².